The largest absolute Gasteiger partial charge is 0.497 e. The zero-order valence-electron chi connectivity index (χ0n) is 15.7. The molecule has 2 aromatic carbocycles. The molecule has 4 nitrogen and oxygen atoms in total. The van der Waals surface area contributed by atoms with Crippen LogP contribution >= 0.6 is 0 Å². The molecule has 0 spiro atoms. The van der Waals surface area contributed by atoms with E-state index in [2.05, 4.69) is 5.32 Å². The van der Waals surface area contributed by atoms with E-state index in [9.17, 15) is 9.18 Å². The van der Waals surface area contributed by atoms with Crippen LogP contribution in [0.4, 0.5) is 4.39 Å². The molecule has 1 amide bonds. The second kappa shape index (κ2) is 8.08. The van der Waals surface area contributed by atoms with Gasteiger partial charge >= 0.3 is 0 Å². The van der Waals surface area contributed by atoms with E-state index in [4.69, 9.17) is 4.74 Å². The molecule has 0 aliphatic heterocycles. The maximum Gasteiger partial charge on any atom is 0.268 e. The second-order valence-corrected chi connectivity index (χ2v) is 6.55. The number of nitrogens with zero attached hydrogens (tertiary/aromatic N) is 1. The molecule has 0 saturated heterocycles. The van der Waals surface area contributed by atoms with Crippen molar-refractivity contribution in [2.24, 2.45) is 7.05 Å². The standard InChI is InChI=1S/C22H23FN2O2/c1-15-4-13-21(25(15)2)22(26)24-20(14-16-5-9-18(23)10-6-16)17-7-11-19(27-3)12-8-17/h4-13,20H,14H2,1-3H3,(H,24,26). The molecule has 1 unspecified atom stereocenters. The minimum atomic E-state index is -0.275. The third kappa shape index (κ3) is 4.37. The smallest absolute Gasteiger partial charge is 0.268 e. The number of rotatable bonds is 6. The molecule has 1 aromatic heterocycles. The number of hydrogen-bond acceptors (Lipinski definition) is 2. The Hall–Kier alpha value is -3.08. The number of aryl methyl sites for hydroxylation is 1. The monoisotopic (exact) mass is 366 g/mol. The molecule has 0 aliphatic rings. The predicted octanol–water partition coefficient (Wildman–Crippen LogP) is 4.20. The molecule has 1 heterocycles. The normalized spacial score (nSPS) is 11.9. The maximum atomic E-state index is 13.2. The van der Waals surface area contributed by atoms with Crippen molar-refractivity contribution < 1.29 is 13.9 Å². The van der Waals surface area contributed by atoms with E-state index < -0.39 is 0 Å². The van der Waals surface area contributed by atoms with Crippen molar-refractivity contribution in [1.29, 1.82) is 0 Å². The van der Waals surface area contributed by atoms with E-state index in [-0.39, 0.29) is 17.8 Å². The summed E-state index contributed by atoms with van der Waals surface area (Å²) in [5.41, 5.74) is 3.52. The first-order chi connectivity index (χ1) is 13.0. The van der Waals surface area contributed by atoms with Gasteiger partial charge in [0.25, 0.3) is 5.91 Å². The van der Waals surface area contributed by atoms with Crippen molar-refractivity contribution >= 4 is 5.91 Å². The first kappa shape index (κ1) is 18.7. The topological polar surface area (TPSA) is 43.3 Å². The highest BCUT2D eigenvalue weighted by molar-refractivity contribution is 5.93. The minimum Gasteiger partial charge on any atom is -0.497 e. The number of nitrogens with one attached hydrogen (secondary N) is 1. The molecule has 1 N–H and O–H groups in total. The van der Waals surface area contributed by atoms with Crippen molar-refractivity contribution in [3.05, 3.63) is 89.0 Å². The molecule has 1 atom stereocenters. The highest BCUT2D eigenvalue weighted by Crippen LogP contribution is 2.22. The van der Waals surface area contributed by atoms with Gasteiger partial charge in [-0.25, -0.2) is 4.39 Å². The Morgan fingerprint density at radius 1 is 1.07 bits per heavy atom. The van der Waals surface area contributed by atoms with Gasteiger partial charge in [-0.15, -0.1) is 0 Å². The van der Waals surface area contributed by atoms with Crippen LogP contribution in [-0.4, -0.2) is 17.6 Å². The lowest BCUT2D eigenvalue weighted by Crippen LogP contribution is -2.31. The Bertz CT molecular complexity index is 914. The van der Waals surface area contributed by atoms with Gasteiger partial charge in [0.05, 0.1) is 13.2 Å². The summed E-state index contributed by atoms with van der Waals surface area (Å²) < 4.78 is 20.3. The van der Waals surface area contributed by atoms with Crippen LogP contribution in [0.2, 0.25) is 0 Å². The highest BCUT2D eigenvalue weighted by atomic mass is 19.1. The number of halogens is 1. The summed E-state index contributed by atoms with van der Waals surface area (Å²) in [6, 6.07) is 17.4. The minimum absolute atomic E-state index is 0.145. The average Bonchev–Trinajstić information content (AvgIpc) is 3.02. The van der Waals surface area contributed by atoms with E-state index in [0.717, 1.165) is 22.6 Å². The van der Waals surface area contributed by atoms with Crippen molar-refractivity contribution in [3.8, 4) is 5.75 Å². The lowest BCUT2D eigenvalue weighted by Gasteiger charge is -2.20. The number of aromatic nitrogens is 1. The summed E-state index contributed by atoms with van der Waals surface area (Å²) in [4.78, 5) is 12.8. The quantitative estimate of drug-likeness (QED) is 0.711. The van der Waals surface area contributed by atoms with Gasteiger partial charge in [0.1, 0.15) is 17.3 Å². The first-order valence-electron chi connectivity index (χ1n) is 8.79. The van der Waals surface area contributed by atoms with Gasteiger partial charge in [-0.05, 0) is 60.9 Å². The van der Waals surface area contributed by atoms with Crippen molar-refractivity contribution in [2.45, 2.75) is 19.4 Å². The number of methoxy groups -OCH3 is 1. The number of benzene rings is 2. The third-order valence-electron chi connectivity index (χ3n) is 4.78. The molecule has 5 heteroatoms. The number of carbonyl (C=O) groups is 1. The van der Waals surface area contributed by atoms with Gasteiger partial charge < -0.3 is 14.6 Å². The van der Waals surface area contributed by atoms with Crippen LogP contribution in [-0.2, 0) is 13.5 Å². The Morgan fingerprint density at radius 3 is 2.30 bits per heavy atom. The SMILES string of the molecule is COc1ccc(C(Cc2ccc(F)cc2)NC(=O)c2ccc(C)n2C)cc1. The van der Waals surface area contributed by atoms with E-state index in [1.54, 1.807) is 19.2 Å². The molecule has 3 aromatic rings. The molecule has 27 heavy (non-hydrogen) atoms. The fraction of sp³-hybridized carbons (Fsp3) is 0.227. The summed E-state index contributed by atoms with van der Waals surface area (Å²) in [5, 5.41) is 3.11. The first-order valence-corrected chi connectivity index (χ1v) is 8.79. The number of ether oxygens (including phenoxy) is 1. The Morgan fingerprint density at radius 2 is 1.74 bits per heavy atom. The molecule has 3 rings (SSSR count). The Labute approximate surface area is 158 Å². The zero-order valence-corrected chi connectivity index (χ0v) is 15.7. The highest BCUT2D eigenvalue weighted by Gasteiger charge is 2.19. The van der Waals surface area contributed by atoms with Crippen LogP contribution in [0.3, 0.4) is 0 Å². The van der Waals surface area contributed by atoms with Crippen molar-refractivity contribution in [1.82, 2.24) is 9.88 Å². The molecule has 140 valence electrons. The number of amides is 1. The molecular weight excluding hydrogens is 343 g/mol. The molecule has 0 fully saturated rings. The molecular formula is C22H23FN2O2. The predicted molar refractivity (Wildman–Crippen MR) is 103 cm³/mol. The van der Waals surface area contributed by atoms with Gasteiger partial charge in [-0.3, -0.25) is 4.79 Å². The second-order valence-electron chi connectivity index (χ2n) is 6.55. The van der Waals surface area contributed by atoms with Gasteiger partial charge in [-0.1, -0.05) is 24.3 Å². The van der Waals surface area contributed by atoms with Crippen molar-refractivity contribution in [3.63, 3.8) is 0 Å². The lowest BCUT2D eigenvalue weighted by atomic mass is 9.98. The van der Waals surface area contributed by atoms with Crippen LogP contribution in [0.15, 0.2) is 60.7 Å². The van der Waals surface area contributed by atoms with Crippen LogP contribution < -0.4 is 10.1 Å². The molecule has 0 aliphatic carbocycles. The van der Waals surface area contributed by atoms with Crippen molar-refractivity contribution in [2.75, 3.05) is 7.11 Å². The van der Waals surface area contributed by atoms with Gasteiger partial charge in [0.15, 0.2) is 0 Å². The zero-order chi connectivity index (χ0) is 19.4. The number of carbonyl (C=O) groups excluding carboxylic acids is 1. The Balaban J connectivity index is 1.87. The third-order valence-corrected chi connectivity index (χ3v) is 4.78. The fourth-order valence-electron chi connectivity index (χ4n) is 3.02. The summed E-state index contributed by atoms with van der Waals surface area (Å²) in [6.45, 7) is 1.95. The fourth-order valence-corrected chi connectivity index (χ4v) is 3.02. The van der Waals surface area contributed by atoms with E-state index in [1.165, 1.54) is 12.1 Å². The summed E-state index contributed by atoms with van der Waals surface area (Å²) >= 11 is 0. The van der Waals surface area contributed by atoms with E-state index >= 15 is 0 Å². The summed E-state index contributed by atoms with van der Waals surface area (Å²) in [5.74, 6) is 0.334. The van der Waals surface area contributed by atoms with Crippen LogP contribution in [0.5, 0.6) is 5.75 Å². The van der Waals surface area contributed by atoms with Gasteiger partial charge in [0.2, 0.25) is 0 Å². The van der Waals surface area contributed by atoms with Gasteiger partial charge in [0, 0.05) is 12.7 Å². The van der Waals surface area contributed by atoms with Crippen LogP contribution in [0.1, 0.15) is 33.4 Å². The molecule has 0 saturated carbocycles. The average molecular weight is 366 g/mol. The van der Waals surface area contributed by atoms with Crippen LogP contribution in [0, 0.1) is 12.7 Å². The molecule has 0 radical (unpaired) electrons. The van der Waals surface area contributed by atoms with Gasteiger partial charge in [-0.2, -0.15) is 0 Å². The summed E-state index contributed by atoms with van der Waals surface area (Å²) in [7, 11) is 3.48. The molecule has 0 bridgehead atoms. The Kier molecular flexibility index (Phi) is 5.60. The maximum absolute atomic E-state index is 13.2. The van der Waals surface area contributed by atoms with E-state index in [1.807, 2.05) is 54.9 Å². The van der Waals surface area contributed by atoms with Crippen LogP contribution in [0.25, 0.3) is 0 Å². The van der Waals surface area contributed by atoms with E-state index in [0.29, 0.717) is 12.1 Å². The summed E-state index contributed by atoms with van der Waals surface area (Å²) in [6.07, 6.45) is 0.557. The number of hydrogen-bond donors (Lipinski definition) is 1. The lowest BCUT2D eigenvalue weighted by molar-refractivity contribution is 0.0928.